The number of carbonyl (C=O) groups excluding carboxylic acids is 2. The predicted octanol–water partition coefficient (Wildman–Crippen LogP) is 4.50. The lowest BCUT2D eigenvalue weighted by Gasteiger charge is -2.33. The molecule has 1 atom stereocenters. The summed E-state index contributed by atoms with van der Waals surface area (Å²) in [6.07, 6.45) is 3.05. The molecule has 6 heteroatoms. The highest BCUT2D eigenvalue weighted by Gasteiger charge is 2.44. The molecule has 0 N–H and O–H groups in total. The van der Waals surface area contributed by atoms with Crippen molar-refractivity contribution in [1.82, 2.24) is 4.90 Å². The summed E-state index contributed by atoms with van der Waals surface area (Å²) in [6, 6.07) is 14.6. The van der Waals surface area contributed by atoms with Crippen molar-refractivity contribution in [2.75, 3.05) is 31.7 Å². The Hall–Kier alpha value is -3.28. The quantitative estimate of drug-likeness (QED) is 0.601. The van der Waals surface area contributed by atoms with Crippen LogP contribution in [0.5, 0.6) is 11.5 Å². The Kier molecular flexibility index (Phi) is 6.49. The molecule has 0 radical (unpaired) electrons. The van der Waals surface area contributed by atoms with Crippen molar-refractivity contribution in [2.24, 2.45) is 5.92 Å². The molecular formula is C26H30N2O4. The Morgan fingerprint density at radius 1 is 1.03 bits per heavy atom. The number of imide groups is 1. The third-order valence-corrected chi connectivity index (χ3v) is 5.97. The average molecular weight is 435 g/mol. The van der Waals surface area contributed by atoms with Crippen LogP contribution in [0.3, 0.4) is 0 Å². The lowest BCUT2D eigenvalue weighted by atomic mass is 9.97. The lowest BCUT2D eigenvalue weighted by molar-refractivity contribution is -0.120. The summed E-state index contributed by atoms with van der Waals surface area (Å²) in [5.74, 6) is 1.09. The van der Waals surface area contributed by atoms with Crippen molar-refractivity contribution in [3.05, 3.63) is 59.8 Å². The van der Waals surface area contributed by atoms with Gasteiger partial charge in [0.15, 0.2) is 0 Å². The molecule has 2 aromatic carbocycles. The first-order chi connectivity index (χ1) is 15.5. The van der Waals surface area contributed by atoms with E-state index in [-0.39, 0.29) is 11.8 Å². The van der Waals surface area contributed by atoms with Crippen LogP contribution in [0.25, 0.3) is 5.57 Å². The fraction of sp³-hybridized carbons (Fsp3) is 0.385. The smallest absolute Gasteiger partial charge is 0.282 e. The van der Waals surface area contributed by atoms with Crippen molar-refractivity contribution in [3.8, 4) is 11.5 Å². The van der Waals surface area contributed by atoms with Gasteiger partial charge >= 0.3 is 0 Å². The number of hydrogen-bond donors (Lipinski definition) is 0. The second kappa shape index (κ2) is 9.47. The fourth-order valence-corrected chi connectivity index (χ4v) is 4.44. The molecule has 0 spiro atoms. The summed E-state index contributed by atoms with van der Waals surface area (Å²) in [5.41, 5.74) is 2.11. The zero-order valence-corrected chi connectivity index (χ0v) is 19.0. The van der Waals surface area contributed by atoms with Crippen molar-refractivity contribution < 1.29 is 19.1 Å². The van der Waals surface area contributed by atoms with Crippen molar-refractivity contribution in [1.29, 1.82) is 0 Å². The van der Waals surface area contributed by atoms with Gasteiger partial charge in [0.25, 0.3) is 11.8 Å². The van der Waals surface area contributed by atoms with Gasteiger partial charge in [-0.05, 0) is 55.0 Å². The number of para-hydroxylation sites is 2. The van der Waals surface area contributed by atoms with E-state index < -0.39 is 0 Å². The van der Waals surface area contributed by atoms with E-state index in [0.29, 0.717) is 35.2 Å². The molecule has 0 bridgehead atoms. The first-order valence-electron chi connectivity index (χ1n) is 11.3. The largest absolute Gasteiger partial charge is 0.495 e. The molecule has 1 saturated heterocycles. The third kappa shape index (κ3) is 4.09. The highest BCUT2D eigenvalue weighted by molar-refractivity contribution is 6.45. The van der Waals surface area contributed by atoms with Crippen LogP contribution >= 0.6 is 0 Å². The zero-order chi connectivity index (χ0) is 22.7. The average Bonchev–Trinajstić information content (AvgIpc) is 3.07. The van der Waals surface area contributed by atoms with E-state index in [1.165, 1.54) is 4.90 Å². The van der Waals surface area contributed by atoms with E-state index >= 15 is 0 Å². The van der Waals surface area contributed by atoms with Crippen LogP contribution in [-0.2, 0) is 9.59 Å². The van der Waals surface area contributed by atoms with Crippen LogP contribution < -0.4 is 14.4 Å². The maximum Gasteiger partial charge on any atom is 0.282 e. The van der Waals surface area contributed by atoms with Crippen LogP contribution in [0.15, 0.2) is 54.2 Å². The van der Waals surface area contributed by atoms with Crippen molar-refractivity contribution >= 4 is 23.1 Å². The van der Waals surface area contributed by atoms with E-state index in [0.717, 1.165) is 43.7 Å². The van der Waals surface area contributed by atoms with E-state index in [1.807, 2.05) is 30.3 Å². The number of nitrogens with zero attached hydrogens (tertiary/aromatic N) is 2. The standard InChI is InChI=1S/C26H30N2O4/c1-4-16-32-20-13-11-19(12-14-20)23-24(27-15-7-8-18(2)17-27)26(30)28(25(23)29)21-9-5-6-10-22(21)31-3/h5-6,9-14,18H,4,7-8,15-17H2,1-3H3. The molecule has 32 heavy (non-hydrogen) atoms. The van der Waals surface area contributed by atoms with Gasteiger partial charge in [0.05, 0.1) is 25.0 Å². The van der Waals surface area contributed by atoms with Crippen LogP contribution in [0.4, 0.5) is 5.69 Å². The molecule has 2 aromatic rings. The van der Waals surface area contributed by atoms with Gasteiger partial charge < -0.3 is 14.4 Å². The summed E-state index contributed by atoms with van der Waals surface area (Å²) < 4.78 is 11.1. The van der Waals surface area contributed by atoms with Crippen LogP contribution in [-0.4, -0.2) is 43.5 Å². The van der Waals surface area contributed by atoms with Gasteiger partial charge in [0.2, 0.25) is 0 Å². The third-order valence-electron chi connectivity index (χ3n) is 5.97. The van der Waals surface area contributed by atoms with Crippen LogP contribution in [0, 0.1) is 5.92 Å². The van der Waals surface area contributed by atoms with E-state index in [2.05, 4.69) is 18.7 Å². The van der Waals surface area contributed by atoms with E-state index in [4.69, 9.17) is 9.47 Å². The Balaban J connectivity index is 1.78. The Morgan fingerprint density at radius 2 is 1.78 bits per heavy atom. The summed E-state index contributed by atoms with van der Waals surface area (Å²) in [5, 5.41) is 0. The van der Waals surface area contributed by atoms with Gasteiger partial charge in [-0.15, -0.1) is 0 Å². The number of benzene rings is 2. The fourth-order valence-electron chi connectivity index (χ4n) is 4.44. The lowest BCUT2D eigenvalue weighted by Crippen LogP contribution is -2.39. The summed E-state index contributed by atoms with van der Waals surface area (Å²) >= 11 is 0. The molecule has 2 amide bonds. The Bertz CT molecular complexity index is 1030. The molecule has 0 saturated carbocycles. The first kappa shape index (κ1) is 21.9. The van der Waals surface area contributed by atoms with Gasteiger partial charge in [-0.2, -0.15) is 0 Å². The molecule has 2 heterocycles. The number of ether oxygens (including phenoxy) is 2. The highest BCUT2D eigenvalue weighted by atomic mass is 16.5. The van der Waals surface area contributed by atoms with Crippen molar-refractivity contribution in [2.45, 2.75) is 33.1 Å². The monoisotopic (exact) mass is 434 g/mol. The Morgan fingerprint density at radius 3 is 2.47 bits per heavy atom. The number of rotatable bonds is 7. The maximum absolute atomic E-state index is 13.7. The molecule has 1 unspecified atom stereocenters. The number of anilines is 1. The number of methoxy groups -OCH3 is 1. The zero-order valence-electron chi connectivity index (χ0n) is 19.0. The van der Waals surface area contributed by atoms with Gasteiger partial charge in [-0.1, -0.05) is 38.1 Å². The van der Waals surface area contributed by atoms with Gasteiger partial charge in [-0.3, -0.25) is 9.59 Å². The molecule has 0 aromatic heterocycles. The van der Waals surface area contributed by atoms with E-state index in [9.17, 15) is 9.59 Å². The number of carbonyl (C=O) groups is 2. The van der Waals surface area contributed by atoms with Gasteiger partial charge in [-0.25, -0.2) is 4.90 Å². The number of hydrogen-bond acceptors (Lipinski definition) is 5. The van der Waals surface area contributed by atoms with Crippen LogP contribution in [0.2, 0.25) is 0 Å². The number of piperidine rings is 1. The summed E-state index contributed by atoms with van der Waals surface area (Å²) in [7, 11) is 1.54. The molecule has 4 rings (SSSR count). The molecule has 168 valence electrons. The summed E-state index contributed by atoms with van der Waals surface area (Å²) in [6.45, 7) is 6.40. The number of amides is 2. The van der Waals surface area contributed by atoms with Crippen LogP contribution in [0.1, 0.15) is 38.7 Å². The highest BCUT2D eigenvalue weighted by Crippen LogP contribution is 2.39. The predicted molar refractivity (Wildman–Crippen MR) is 125 cm³/mol. The second-order valence-electron chi connectivity index (χ2n) is 8.41. The number of likely N-dealkylation sites (tertiary alicyclic amines) is 1. The van der Waals surface area contributed by atoms with Gasteiger partial charge in [0.1, 0.15) is 17.2 Å². The SMILES string of the molecule is CCCOc1ccc(C2=C(N3CCCC(C)C3)C(=O)N(c3ccccc3OC)C2=O)cc1. The topological polar surface area (TPSA) is 59.1 Å². The molecule has 0 aliphatic carbocycles. The van der Waals surface area contributed by atoms with Crippen molar-refractivity contribution in [3.63, 3.8) is 0 Å². The summed E-state index contributed by atoms with van der Waals surface area (Å²) in [4.78, 5) is 30.8. The minimum absolute atomic E-state index is 0.296. The normalized spacial score (nSPS) is 19.0. The van der Waals surface area contributed by atoms with E-state index in [1.54, 1.807) is 25.3 Å². The molecular weight excluding hydrogens is 404 g/mol. The molecule has 6 nitrogen and oxygen atoms in total. The second-order valence-corrected chi connectivity index (χ2v) is 8.41. The molecule has 2 aliphatic rings. The molecule has 2 aliphatic heterocycles. The molecule has 1 fully saturated rings. The van der Waals surface area contributed by atoms with Gasteiger partial charge in [0, 0.05) is 13.1 Å². The minimum atomic E-state index is -0.324. The first-order valence-corrected chi connectivity index (χ1v) is 11.3. The minimum Gasteiger partial charge on any atom is -0.495 e. The maximum atomic E-state index is 13.7. The Labute approximate surface area is 189 Å².